The fraction of sp³-hybridized carbons (Fsp3) is 0.857. The lowest BCUT2D eigenvalue weighted by molar-refractivity contribution is -0.0525. The molecule has 32 heavy (non-hydrogen) atoms. The topological polar surface area (TPSA) is 37.3 Å². The van der Waals surface area contributed by atoms with Crippen LogP contribution in [0.25, 0.3) is 0 Å². The van der Waals surface area contributed by atoms with Gasteiger partial charge in [-0.05, 0) is 79.4 Å². The first kappa shape index (κ1) is 24.8. The molecule has 0 saturated heterocycles. The zero-order chi connectivity index (χ0) is 23.5. The van der Waals surface area contributed by atoms with Gasteiger partial charge in [0.25, 0.3) is 0 Å². The molecule has 0 aliphatic heterocycles. The maximum absolute atomic E-state index is 11.7. The molecule has 3 saturated carbocycles. The van der Waals surface area contributed by atoms with Crippen LogP contribution in [0.1, 0.15) is 92.4 Å². The van der Waals surface area contributed by atoms with Crippen LogP contribution in [0, 0.1) is 46.3 Å². The van der Waals surface area contributed by atoms with Gasteiger partial charge in [-0.25, -0.2) is 4.79 Å². The number of alkyl halides is 2. The third-order valence-corrected chi connectivity index (χ3v) is 11.7. The van der Waals surface area contributed by atoms with E-state index in [1.807, 2.05) is 5.94 Å². The Labute approximate surface area is 205 Å². The predicted molar refractivity (Wildman–Crippen MR) is 133 cm³/mol. The molecule has 4 aliphatic rings. The molecule has 1 N–H and O–H groups in total. The van der Waals surface area contributed by atoms with E-state index in [0.717, 1.165) is 36.2 Å². The van der Waals surface area contributed by atoms with Crippen molar-refractivity contribution in [2.75, 3.05) is 0 Å². The van der Waals surface area contributed by atoms with Crippen molar-refractivity contribution in [3.8, 4) is 0 Å². The summed E-state index contributed by atoms with van der Waals surface area (Å²) in [4.78, 5) is 11.7. The molecule has 0 spiro atoms. The molecule has 2 nitrogen and oxygen atoms in total. The van der Waals surface area contributed by atoms with Gasteiger partial charge >= 0.3 is 0 Å². The Morgan fingerprint density at radius 3 is 2.50 bits per heavy atom. The highest BCUT2D eigenvalue weighted by Gasteiger charge is 2.66. The van der Waals surface area contributed by atoms with Crippen molar-refractivity contribution < 1.29 is 9.90 Å². The Kier molecular flexibility index (Phi) is 6.79. The van der Waals surface area contributed by atoms with Crippen LogP contribution >= 0.6 is 23.2 Å². The number of rotatable bonds is 5. The van der Waals surface area contributed by atoms with Crippen LogP contribution in [0.5, 0.6) is 0 Å². The lowest BCUT2D eigenvalue weighted by Gasteiger charge is -2.61. The average Bonchev–Trinajstić information content (AvgIpc) is 3.06. The van der Waals surface area contributed by atoms with Gasteiger partial charge in [-0.15, -0.1) is 0 Å². The maximum Gasteiger partial charge on any atom is 0.161 e. The SMILES string of the molecule is CC(C)CCC[C@@H](C)[C@H]1CC[C@H]2[C@@H]3CC=C4C[C@H](O)C(=C=O)C(Cl)(Cl)[C@]4(C)[C@H]3CC[C@]12C. The van der Waals surface area contributed by atoms with E-state index in [1.54, 1.807) is 0 Å². The second kappa shape index (κ2) is 8.75. The Morgan fingerprint density at radius 2 is 1.84 bits per heavy atom. The molecular formula is C28H42Cl2O2. The summed E-state index contributed by atoms with van der Waals surface area (Å²) in [5.74, 6) is 5.88. The summed E-state index contributed by atoms with van der Waals surface area (Å²) in [6.45, 7) is 11.9. The van der Waals surface area contributed by atoms with Crippen molar-refractivity contribution in [1.29, 1.82) is 0 Å². The molecule has 0 heterocycles. The number of aliphatic hydroxyl groups excluding tert-OH is 1. The van der Waals surface area contributed by atoms with Crippen LogP contribution in [-0.4, -0.2) is 21.5 Å². The third kappa shape index (κ3) is 3.59. The summed E-state index contributed by atoms with van der Waals surface area (Å²) in [7, 11) is 0. The smallest absolute Gasteiger partial charge is 0.161 e. The minimum atomic E-state index is -1.39. The molecule has 0 unspecified atom stereocenters. The van der Waals surface area contributed by atoms with E-state index in [1.165, 1.54) is 38.5 Å². The van der Waals surface area contributed by atoms with E-state index in [2.05, 4.69) is 40.7 Å². The number of hydrogen-bond acceptors (Lipinski definition) is 2. The molecule has 0 radical (unpaired) electrons. The Balaban J connectivity index is 1.60. The molecular weight excluding hydrogens is 439 g/mol. The van der Waals surface area contributed by atoms with Gasteiger partial charge in [0.2, 0.25) is 0 Å². The third-order valence-electron chi connectivity index (χ3n) is 10.5. The minimum absolute atomic E-state index is 0.137. The standard InChI is InChI=1S/C28H42Cl2O2/c1-17(2)7-6-8-18(3)21-11-12-22-20-10-9-19-15-25(32)24(16-31)28(29,30)27(19,5)23(20)13-14-26(21,22)4/h9,17-18,20-23,25,32H,6-8,10-15H2,1-5H3/t18-,20+,21-,22+,23+,25+,26-,27+/m1/s1. The van der Waals surface area contributed by atoms with Gasteiger partial charge in [0.15, 0.2) is 4.33 Å². The Morgan fingerprint density at radius 1 is 1.12 bits per heavy atom. The second-order valence-electron chi connectivity index (χ2n) is 12.4. The van der Waals surface area contributed by atoms with E-state index in [-0.39, 0.29) is 5.57 Å². The lowest BCUT2D eigenvalue weighted by atomic mass is 9.46. The monoisotopic (exact) mass is 480 g/mol. The van der Waals surface area contributed by atoms with Crippen LogP contribution in [0.15, 0.2) is 17.2 Å². The number of fused-ring (bicyclic) bond motifs is 5. The molecule has 180 valence electrons. The maximum atomic E-state index is 11.7. The van der Waals surface area contributed by atoms with Crippen molar-refractivity contribution >= 4 is 29.1 Å². The first-order valence-corrected chi connectivity index (χ1v) is 13.7. The molecule has 0 aromatic carbocycles. The van der Waals surface area contributed by atoms with Crippen molar-refractivity contribution in [1.82, 2.24) is 0 Å². The molecule has 0 bridgehead atoms. The summed E-state index contributed by atoms with van der Waals surface area (Å²) in [6.07, 6.45) is 11.9. The summed E-state index contributed by atoms with van der Waals surface area (Å²) < 4.78 is -1.39. The normalized spacial score (nSPS) is 43.7. The molecule has 4 aliphatic carbocycles. The fourth-order valence-corrected chi connectivity index (χ4v) is 9.60. The molecule has 0 amide bonds. The van der Waals surface area contributed by atoms with Gasteiger partial charge in [0.05, 0.1) is 11.7 Å². The summed E-state index contributed by atoms with van der Waals surface area (Å²) in [5.41, 5.74) is 1.17. The number of halogens is 2. The van der Waals surface area contributed by atoms with E-state index in [9.17, 15) is 9.90 Å². The molecule has 0 aromatic rings. The van der Waals surface area contributed by atoms with E-state index in [4.69, 9.17) is 23.2 Å². The van der Waals surface area contributed by atoms with Crippen LogP contribution in [0.2, 0.25) is 0 Å². The highest BCUT2D eigenvalue weighted by Crippen LogP contribution is 2.70. The molecule has 0 aromatic heterocycles. The lowest BCUT2D eigenvalue weighted by Crippen LogP contribution is -2.58. The van der Waals surface area contributed by atoms with Crippen LogP contribution in [0.4, 0.5) is 0 Å². The molecule has 4 rings (SSSR count). The molecule has 3 fully saturated rings. The summed E-state index contributed by atoms with van der Waals surface area (Å²) in [5, 5.41) is 10.5. The molecule has 8 atom stereocenters. The highest BCUT2D eigenvalue weighted by atomic mass is 35.5. The van der Waals surface area contributed by atoms with Gasteiger partial charge in [-0.2, -0.15) is 0 Å². The van der Waals surface area contributed by atoms with E-state index in [0.29, 0.717) is 29.6 Å². The Bertz CT molecular complexity index is 810. The average molecular weight is 482 g/mol. The fourth-order valence-electron chi connectivity index (χ4n) is 8.75. The predicted octanol–water partition coefficient (Wildman–Crippen LogP) is 7.54. The van der Waals surface area contributed by atoms with Crippen molar-refractivity contribution in [2.45, 2.75) is 103 Å². The van der Waals surface area contributed by atoms with Gasteiger partial charge < -0.3 is 5.11 Å². The van der Waals surface area contributed by atoms with Crippen LogP contribution in [0.3, 0.4) is 0 Å². The second-order valence-corrected chi connectivity index (χ2v) is 13.7. The Hall–Kier alpha value is -0.270. The summed E-state index contributed by atoms with van der Waals surface area (Å²) >= 11 is 13.9. The first-order valence-electron chi connectivity index (χ1n) is 13.0. The number of hydrogen-bond donors (Lipinski definition) is 1. The van der Waals surface area contributed by atoms with Crippen molar-refractivity contribution in [3.05, 3.63) is 17.2 Å². The quantitative estimate of drug-likeness (QED) is 0.250. The highest BCUT2D eigenvalue weighted by molar-refractivity contribution is 6.52. The summed E-state index contributed by atoms with van der Waals surface area (Å²) in [6, 6.07) is 0. The number of carbonyl (C=O) groups excluding carboxylic acids is 1. The molecule has 4 heteroatoms. The number of aliphatic hydroxyl groups is 1. The zero-order valence-corrected chi connectivity index (χ0v) is 22.1. The minimum Gasteiger partial charge on any atom is -0.388 e. The number of allylic oxidation sites excluding steroid dienone is 1. The van der Waals surface area contributed by atoms with Gasteiger partial charge in [-0.1, -0.05) is 88.7 Å². The zero-order valence-electron chi connectivity index (χ0n) is 20.6. The first-order chi connectivity index (χ1) is 15.0. The van der Waals surface area contributed by atoms with Crippen molar-refractivity contribution in [3.63, 3.8) is 0 Å². The van der Waals surface area contributed by atoms with Crippen LogP contribution in [-0.2, 0) is 4.79 Å². The largest absolute Gasteiger partial charge is 0.388 e. The van der Waals surface area contributed by atoms with E-state index >= 15 is 0 Å². The van der Waals surface area contributed by atoms with E-state index < -0.39 is 15.9 Å². The van der Waals surface area contributed by atoms with Gasteiger partial charge in [0.1, 0.15) is 5.94 Å². The van der Waals surface area contributed by atoms with Crippen molar-refractivity contribution in [2.24, 2.45) is 46.3 Å². The van der Waals surface area contributed by atoms with Gasteiger partial charge in [0, 0.05) is 5.41 Å². The van der Waals surface area contributed by atoms with Crippen LogP contribution < -0.4 is 0 Å². The van der Waals surface area contributed by atoms with Gasteiger partial charge in [-0.3, -0.25) is 0 Å².